The highest BCUT2D eigenvalue weighted by Crippen LogP contribution is 2.27. The van der Waals surface area contributed by atoms with Crippen LogP contribution < -0.4 is 5.73 Å². The quantitative estimate of drug-likeness (QED) is 0.913. The first-order valence-corrected chi connectivity index (χ1v) is 8.09. The zero-order valence-corrected chi connectivity index (χ0v) is 13.6. The van der Waals surface area contributed by atoms with Crippen molar-refractivity contribution in [1.29, 1.82) is 0 Å². The Balaban J connectivity index is 1.92. The van der Waals surface area contributed by atoms with Crippen LogP contribution in [0.5, 0.6) is 0 Å². The Kier molecular flexibility index (Phi) is 5.43. The fourth-order valence-electron chi connectivity index (χ4n) is 2.86. The number of nitrogens with zero attached hydrogens (tertiary/aromatic N) is 1. The lowest BCUT2D eigenvalue weighted by atomic mass is 9.86. The van der Waals surface area contributed by atoms with Crippen molar-refractivity contribution in [3.05, 3.63) is 33.8 Å². The van der Waals surface area contributed by atoms with Crippen molar-refractivity contribution >= 4 is 15.9 Å². The highest BCUT2D eigenvalue weighted by molar-refractivity contribution is 9.10. The number of nitrogens with two attached hydrogens (primary N) is 1. The van der Waals surface area contributed by atoms with E-state index in [4.69, 9.17) is 5.73 Å². The zero-order valence-electron chi connectivity index (χ0n) is 12.0. The van der Waals surface area contributed by atoms with E-state index in [-0.39, 0.29) is 0 Å². The molecule has 0 spiro atoms. The van der Waals surface area contributed by atoms with Crippen LogP contribution in [0, 0.1) is 11.8 Å². The van der Waals surface area contributed by atoms with Gasteiger partial charge >= 0.3 is 0 Å². The molecule has 1 aromatic carbocycles. The third-order valence-electron chi connectivity index (χ3n) is 4.32. The van der Waals surface area contributed by atoms with Crippen LogP contribution in [-0.2, 0) is 13.1 Å². The van der Waals surface area contributed by atoms with Crippen LogP contribution in [0.3, 0.4) is 0 Å². The van der Waals surface area contributed by atoms with Crippen molar-refractivity contribution in [3.63, 3.8) is 0 Å². The molecule has 0 bridgehead atoms. The van der Waals surface area contributed by atoms with Crippen LogP contribution in [0.2, 0.25) is 0 Å². The highest BCUT2D eigenvalue weighted by atomic mass is 79.9. The predicted octanol–water partition coefficient (Wildman–Crippen LogP) is 3.78. The Morgan fingerprint density at radius 3 is 2.53 bits per heavy atom. The lowest BCUT2D eigenvalue weighted by Crippen LogP contribution is -2.34. The summed E-state index contributed by atoms with van der Waals surface area (Å²) in [6.45, 7) is 8.82. The molecule has 0 aromatic heterocycles. The van der Waals surface area contributed by atoms with Gasteiger partial charge in [0.25, 0.3) is 0 Å². The molecule has 2 rings (SSSR count). The average molecular weight is 325 g/mol. The Morgan fingerprint density at radius 1 is 1.32 bits per heavy atom. The molecule has 1 fully saturated rings. The second-order valence-electron chi connectivity index (χ2n) is 5.99. The maximum atomic E-state index is 5.67. The molecule has 1 aliphatic heterocycles. The summed E-state index contributed by atoms with van der Waals surface area (Å²) in [5.41, 5.74) is 8.23. The van der Waals surface area contributed by atoms with E-state index >= 15 is 0 Å². The van der Waals surface area contributed by atoms with Gasteiger partial charge in [-0.05, 0) is 55.0 Å². The molecule has 1 aliphatic rings. The number of benzene rings is 1. The van der Waals surface area contributed by atoms with E-state index in [2.05, 4.69) is 52.9 Å². The zero-order chi connectivity index (χ0) is 13.8. The molecule has 2 nitrogen and oxygen atoms in total. The van der Waals surface area contributed by atoms with E-state index < -0.39 is 0 Å². The Morgan fingerprint density at radius 2 is 2.00 bits per heavy atom. The summed E-state index contributed by atoms with van der Waals surface area (Å²) >= 11 is 3.67. The second kappa shape index (κ2) is 6.87. The van der Waals surface area contributed by atoms with E-state index in [1.807, 2.05) is 0 Å². The van der Waals surface area contributed by atoms with Crippen LogP contribution in [0.25, 0.3) is 0 Å². The van der Waals surface area contributed by atoms with Crippen molar-refractivity contribution in [2.75, 3.05) is 13.1 Å². The number of halogens is 1. The van der Waals surface area contributed by atoms with Gasteiger partial charge in [0.2, 0.25) is 0 Å². The average Bonchev–Trinajstić information content (AvgIpc) is 2.41. The van der Waals surface area contributed by atoms with Gasteiger partial charge < -0.3 is 5.73 Å². The van der Waals surface area contributed by atoms with E-state index in [9.17, 15) is 0 Å². The van der Waals surface area contributed by atoms with Gasteiger partial charge in [-0.15, -0.1) is 0 Å². The Hall–Kier alpha value is -0.380. The van der Waals surface area contributed by atoms with Gasteiger partial charge in [-0.25, -0.2) is 0 Å². The summed E-state index contributed by atoms with van der Waals surface area (Å²) in [6.07, 6.45) is 2.69. The summed E-state index contributed by atoms with van der Waals surface area (Å²) < 4.78 is 1.20. The van der Waals surface area contributed by atoms with E-state index in [1.54, 1.807) is 0 Å². The fraction of sp³-hybridized carbons (Fsp3) is 0.625. The normalized spacial score (nSPS) is 18.2. The maximum absolute atomic E-state index is 5.67. The molecule has 0 saturated carbocycles. The molecular weight excluding hydrogens is 300 g/mol. The molecule has 3 heteroatoms. The fourth-order valence-corrected chi connectivity index (χ4v) is 3.42. The standard InChI is InChI=1S/C16H25BrN2/c1-12(2)14-5-7-19(8-6-14)11-15-4-3-13(10-18)9-16(15)17/h3-4,9,12,14H,5-8,10-11,18H2,1-2H3. The minimum Gasteiger partial charge on any atom is -0.326 e. The Labute approximate surface area is 125 Å². The molecule has 1 saturated heterocycles. The predicted molar refractivity (Wildman–Crippen MR) is 84.9 cm³/mol. The van der Waals surface area contributed by atoms with Crippen LogP contribution in [0.15, 0.2) is 22.7 Å². The Bertz CT molecular complexity index is 409. The van der Waals surface area contributed by atoms with Gasteiger partial charge in [0.05, 0.1) is 0 Å². The SMILES string of the molecule is CC(C)C1CCN(Cc2ccc(CN)cc2Br)CC1. The molecule has 0 unspecified atom stereocenters. The first-order chi connectivity index (χ1) is 9.10. The van der Waals surface area contributed by atoms with Crippen LogP contribution >= 0.6 is 15.9 Å². The smallest absolute Gasteiger partial charge is 0.0244 e. The topological polar surface area (TPSA) is 29.3 Å². The first-order valence-electron chi connectivity index (χ1n) is 7.30. The third kappa shape index (κ3) is 4.04. The maximum Gasteiger partial charge on any atom is 0.0244 e. The molecule has 0 amide bonds. The molecule has 1 aromatic rings. The van der Waals surface area contributed by atoms with Crippen molar-refractivity contribution in [3.8, 4) is 0 Å². The number of hydrogen-bond donors (Lipinski definition) is 1. The van der Waals surface area contributed by atoms with Gasteiger partial charge in [0.15, 0.2) is 0 Å². The van der Waals surface area contributed by atoms with Gasteiger partial charge in [0.1, 0.15) is 0 Å². The van der Waals surface area contributed by atoms with Crippen molar-refractivity contribution in [2.24, 2.45) is 17.6 Å². The van der Waals surface area contributed by atoms with Gasteiger partial charge in [0, 0.05) is 17.6 Å². The highest BCUT2D eigenvalue weighted by Gasteiger charge is 2.21. The molecule has 0 atom stereocenters. The van der Waals surface area contributed by atoms with Crippen molar-refractivity contribution in [2.45, 2.75) is 39.8 Å². The summed E-state index contributed by atoms with van der Waals surface area (Å²) in [5, 5.41) is 0. The minimum atomic E-state index is 0.610. The lowest BCUT2D eigenvalue weighted by Gasteiger charge is -2.34. The van der Waals surface area contributed by atoms with E-state index in [0.29, 0.717) is 6.54 Å². The van der Waals surface area contributed by atoms with Gasteiger partial charge in [-0.1, -0.05) is 41.9 Å². The summed E-state index contributed by atoms with van der Waals surface area (Å²) in [4.78, 5) is 2.57. The molecule has 0 aliphatic carbocycles. The summed E-state index contributed by atoms with van der Waals surface area (Å²) in [5.74, 6) is 1.75. The molecular formula is C16H25BrN2. The monoisotopic (exact) mass is 324 g/mol. The third-order valence-corrected chi connectivity index (χ3v) is 5.06. The van der Waals surface area contributed by atoms with E-state index in [1.165, 1.54) is 41.5 Å². The summed E-state index contributed by atoms with van der Waals surface area (Å²) in [6, 6.07) is 6.50. The lowest BCUT2D eigenvalue weighted by molar-refractivity contribution is 0.152. The molecule has 19 heavy (non-hydrogen) atoms. The number of likely N-dealkylation sites (tertiary alicyclic amines) is 1. The molecule has 2 N–H and O–H groups in total. The van der Waals surface area contributed by atoms with Gasteiger partial charge in [-0.3, -0.25) is 4.90 Å². The molecule has 1 heterocycles. The van der Waals surface area contributed by atoms with Crippen molar-refractivity contribution < 1.29 is 0 Å². The van der Waals surface area contributed by atoms with Crippen LogP contribution in [-0.4, -0.2) is 18.0 Å². The number of piperidine rings is 1. The minimum absolute atomic E-state index is 0.610. The summed E-state index contributed by atoms with van der Waals surface area (Å²) in [7, 11) is 0. The molecule has 0 radical (unpaired) electrons. The van der Waals surface area contributed by atoms with Gasteiger partial charge in [-0.2, -0.15) is 0 Å². The number of rotatable bonds is 4. The van der Waals surface area contributed by atoms with Crippen LogP contribution in [0.4, 0.5) is 0 Å². The number of hydrogen-bond acceptors (Lipinski definition) is 2. The van der Waals surface area contributed by atoms with Crippen molar-refractivity contribution in [1.82, 2.24) is 4.90 Å². The van der Waals surface area contributed by atoms with Crippen LogP contribution in [0.1, 0.15) is 37.8 Å². The molecule has 106 valence electrons. The second-order valence-corrected chi connectivity index (χ2v) is 6.84. The first kappa shape index (κ1) is 15.0. The largest absolute Gasteiger partial charge is 0.326 e. The van der Waals surface area contributed by atoms with E-state index in [0.717, 1.165) is 18.4 Å².